The molecule has 0 amide bonds. The molecule has 172 valence electrons. The minimum atomic E-state index is 0.0446. The van der Waals surface area contributed by atoms with Gasteiger partial charge in [0.05, 0.1) is 11.0 Å². The van der Waals surface area contributed by atoms with Crippen LogP contribution >= 0.6 is 0 Å². The van der Waals surface area contributed by atoms with Gasteiger partial charge < -0.3 is 10.3 Å². The van der Waals surface area contributed by atoms with Crippen LogP contribution in [0.5, 0.6) is 0 Å². The minimum Gasteiger partial charge on any atom is -0.398 e. The fourth-order valence-electron chi connectivity index (χ4n) is 4.88. The second kappa shape index (κ2) is 7.77. The molecule has 0 aliphatic carbocycles. The van der Waals surface area contributed by atoms with E-state index in [9.17, 15) is 0 Å². The van der Waals surface area contributed by atoms with E-state index in [0.717, 1.165) is 16.6 Å². The van der Waals surface area contributed by atoms with E-state index >= 15 is 0 Å². The number of nitrogens with two attached hydrogens (primary N) is 1. The largest absolute Gasteiger partial charge is 0.398 e. The van der Waals surface area contributed by atoms with E-state index in [2.05, 4.69) is 125 Å². The first-order valence-electron chi connectivity index (χ1n) is 12.1. The molecule has 0 aliphatic heterocycles. The van der Waals surface area contributed by atoms with E-state index in [1.807, 2.05) is 6.07 Å². The van der Waals surface area contributed by atoms with Crippen LogP contribution < -0.4 is 5.73 Å². The molecule has 5 rings (SSSR count). The summed E-state index contributed by atoms with van der Waals surface area (Å²) in [5, 5.41) is 2.33. The predicted molar refractivity (Wildman–Crippen MR) is 148 cm³/mol. The van der Waals surface area contributed by atoms with Gasteiger partial charge in [0, 0.05) is 22.1 Å². The van der Waals surface area contributed by atoms with E-state index in [1.54, 1.807) is 0 Å². The summed E-state index contributed by atoms with van der Waals surface area (Å²) in [6, 6.07) is 30.6. The Balaban J connectivity index is 1.94. The third kappa shape index (κ3) is 3.68. The molecule has 1 heterocycles. The first kappa shape index (κ1) is 22.3. The van der Waals surface area contributed by atoms with Crippen LogP contribution in [0.3, 0.4) is 0 Å². The van der Waals surface area contributed by atoms with Crippen LogP contribution in [0.2, 0.25) is 0 Å². The molecule has 0 bridgehead atoms. The van der Waals surface area contributed by atoms with Crippen LogP contribution in [0.15, 0.2) is 84.9 Å². The Morgan fingerprint density at radius 2 is 1.15 bits per heavy atom. The van der Waals surface area contributed by atoms with Crippen LogP contribution in [-0.2, 0) is 10.8 Å². The summed E-state index contributed by atoms with van der Waals surface area (Å²) < 4.78 is 2.40. The molecule has 34 heavy (non-hydrogen) atoms. The van der Waals surface area contributed by atoms with Gasteiger partial charge in [-0.2, -0.15) is 0 Å². The highest BCUT2D eigenvalue weighted by Gasteiger charge is 2.23. The highest BCUT2D eigenvalue weighted by atomic mass is 15.0. The van der Waals surface area contributed by atoms with Crippen LogP contribution in [-0.4, -0.2) is 4.57 Å². The number of hydrogen-bond acceptors (Lipinski definition) is 1. The second-order valence-electron chi connectivity index (χ2n) is 11.4. The number of fused-ring (bicyclic) bond motifs is 3. The number of nitrogens with zero attached hydrogens (tertiary/aromatic N) is 1. The van der Waals surface area contributed by atoms with Crippen molar-refractivity contribution in [2.24, 2.45) is 0 Å². The van der Waals surface area contributed by atoms with E-state index in [-0.39, 0.29) is 10.8 Å². The highest BCUT2D eigenvalue weighted by molar-refractivity contribution is 6.19. The molecule has 0 fully saturated rings. The number of aromatic nitrogens is 1. The summed E-state index contributed by atoms with van der Waals surface area (Å²) in [6.45, 7) is 13.7. The van der Waals surface area contributed by atoms with Crippen molar-refractivity contribution >= 4 is 27.5 Å². The second-order valence-corrected chi connectivity index (χ2v) is 11.4. The highest BCUT2D eigenvalue weighted by Crippen LogP contribution is 2.42. The lowest BCUT2D eigenvalue weighted by Crippen LogP contribution is -2.17. The van der Waals surface area contributed by atoms with E-state index < -0.39 is 0 Å². The quantitative estimate of drug-likeness (QED) is 0.270. The molecule has 0 radical (unpaired) electrons. The average molecular weight is 447 g/mol. The summed E-state index contributed by atoms with van der Waals surface area (Å²) in [5.41, 5.74) is 16.2. The molecule has 0 spiro atoms. The molecule has 4 aromatic carbocycles. The van der Waals surface area contributed by atoms with E-state index in [0.29, 0.717) is 0 Å². The molecule has 5 aromatic rings. The molecule has 0 atom stereocenters. The lowest BCUT2D eigenvalue weighted by Gasteiger charge is -2.26. The maximum atomic E-state index is 6.65. The van der Waals surface area contributed by atoms with Gasteiger partial charge in [-0.15, -0.1) is 0 Å². The maximum absolute atomic E-state index is 6.65. The normalized spacial score (nSPS) is 12.5. The van der Waals surface area contributed by atoms with Crippen LogP contribution in [0.4, 0.5) is 5.69 Å². The first-order chi connectivity index (χ1) is 16.1. The van der Waals surface area contributed by atoms with Gasteiger partial charge in [0.25, 0.3) is 0 Å². The van der Waals surface area contributed by atoms with Crippen LogP contribution in [0, 0.1) is 0 Å². The van der Waals surface area contributed by atoms with Crippen molar-refractivity contribution in [1.82, 2.24) is 4.57 Å². The van der Waals surface area contributed by atoms with Gasteiger partial charge in [-0.3, -0.25) is 0 Å². The average Bonchev–Trinajstić information content (AvgIpc) is 3.14. The summed E-state index contributed by atoms with van der Waals surface area (Å²) in [4.78, 5) is 0. The molecule has 0 saturated heterocycles. The van der Waals surface area contributed by atoms with Crippen molar-refractivity contribution < 1.29 is 0 Å². The summed E-state index contributed by atoms with van der Waals surface area (Å²) in [5.74, 6) is 0. The molecule has 1 aromatic heterocycles. The van der Waals surface area contributed by atoms with Crippen molar-refractivity contribution in [3.63, 3.8) is 0 Å². The maximum Gasteiger partial charge on any atom is 0.0562 e. The summed E-state index contributed by atoms with van der Waals surface area (Å²) in [6.07, 6.45) is 0. The number of benzene rings is 4. The van der Waals surface area contributed by atoms with Crippen molar-refractivity contribution in [2.45, 2.75) is 52.4 Å². The molecule has 0 saturated carbocycles. The fraction of sp³-hybridized carbons (Fsp3) is 0.250. The summed E-state index contributed by atoms with van der Waals surface area (Å²) in [7, 11) is 0. The Bertz CT molecular complexity index is 1470. The van der Waals surface area contributed by atoms with Crippen LogP contribution in [0.1, 0.15) is 52.7 Å². The lowest BCUT2D eigenvalue weighted by atomic mass is 9.80. The van der Waals surface area contributed by atoms with Gasteiger partial charge in [0.2, 0.25) is 0 Å². The van der Waals surface area contributed by atoms with Crippen molar-refractivity contribution in [3.05, 3.63) is 96.1 Å². The minimum absolute atomic E-state index is 0.0446. The molecule has 2 nitrogen and oxygen atoms in total. The van der Waals surface area contributed by atoms with Crippen molar-refractivity contribution in [1.29, 1.82) is 0 Å². The Hall–Kier alpha value is -3.52. The third-order valence-electron chi connectivity index (χ3n) is 6.84. The van der Waals surface area contributed by atoms with Crippen molar-refractivity contribution in [3.8, 4) is 16.8 Å². The molecule has 2 N–H and O–H groups in total. The number of nitrogen functional groups attached to an aromatic ring is 1. The molecule has 0 unspecified atom stereocenters. The number of rotatable bonds is 2. The van der Waals surface area contributed by atoms with Gasteiger partial charge in [-0.05, 0) is 63.4 Å². The Morgan fingerprint density at radius 3 is 1.74 bits per heavy atom. The van der Waals surface area contributed by atoms with Gasteiger partial charge >= 0.3 is 0 Å². The SMILES string of the molecule is CC(C)(C)c1cc(-n2c3cccc(N)c3c3c(-c4ccccc4)cccc32)cc(C(C)(C)C)c1. The van der Waals surface area contributed by atoms with E-state index in [4.69, 9.17) is 5.73 Å². The topological polar surface area (TPSA) is 30.9 Å². The fourth-order valence-corrected chi connectivity index (χ4v) is 4.88. The standard InChI is InChI=1S/C32H34N2/c1-31(2,3)22-18-23(32(4,5)6)20-24(19-22)34-27-16-10-14-25(21-12-8-7-9-13-21)29(27)30-26(33)15-11-17-28(30)34/h7-20H,33H2,1-6H3. The summed E-state index contributed by atoms with van der Waals surface area (Å²) >= 11 is 0. The van der Waals surface area contributed by atoms with E-state index in [1.165, 1.54) is 38.8 Å². The first-order valence-corrected chi connectivity index (χ1v) is 12.1. The zero-order valence-electron chi connectivity index (χ0n) is 21.1. The van der Waals surface area contributed by atoms with Gasteiger partial charge in [-0.1, -0.05) is 96.1 Å². The molecular formula is C32H34N2. The van der Waals surface area contributed by atoms with Gasteiger partial charge in [0.15, 0.2) is 0 Å². The molecule has 2 heteroatoms. The van der Waals surface area contributed by atoms with Gasteiger partial charge in [-0.25, -0.2) is 0 Å². The zero-order valence-corrected chi connectivity index (χ0v) is 21.1. The third-order valence-corrected chi connectivity index (χ3v) is 6.84. The van der Waals surface area contributed by atoms with Gasteiger partial charge in [0.1, 0.15) is 0 Å². The molecular weight excluding hydrogens is 412 g/mol. The number of anilines is 1. The zero-order chi connectivity index (χ0) is 24.3. The molecule has 0 aliphatic rings. The van der Waals surface area contributed by atoms with Crippen LogP contribution in [0.25, 0.3) is 38.6 Å². The van der Waals surface area contributed by atoms with Crippen molar-refractivity contribution in [2.75, 3.05) is 5.73 Å². The lowest BCUT2D eigenvalue weighted by molar-refractivity contribution is 0.568. The Kier molecular flexibility index (Phi) is 5.09. The monoisotopic (exact) mass is 446 g/mol. The predicted octanol–water partition coefficient (Wildman–Crippen LogP) is 8.63. The smallest absolute Gasteiger partial charge is 0.0562 e. The Morgan fingerprint density at radius 1 is 0.588 bits per heavy atom. The Labute approximate surface area is 203 Å². The number of hydrogen-bond donors (Lipinski definition) is 1.